The van der Waals surface area contributed by atoms with Crippen LogP contribution in [0.3, 0.4) is 0 Å². The van der Waals surface area contributed by atoms with Gasteiger partial charge in [-0.3, -0.25) is 4.79 Å². The molecule has 1 unspecified atom stereocenters. The lowest BCUT2D eigenvalue weighted by atomic mass is 10.1. The van der Waals surface area contributed by atoms with E-state index in [0.29, 0.717) is 6.42 Å². The van der Waals surface area contributed by atoms with Crippen LogP contribution >= 0.6 is 12.2 Å². The third-order valence-corrected chi connectivity index (χ3v) is 1.56. The number of carboxylic acid groups (broad SMARTS) is 1. The summed E-state index contributed by atoms with van der Waals surface area (Å²) >= 11 is 4.81. The molecule has 0 aromatic rings. The van der Waals surface area contributed by atoms with Gasteiger partial charge in [0.1, 0.15) is 0 Å². The van der Waals surface area contributed by atoms with E-state index in [4.69, 9.17) is 17.3 Å². The van der Waals surface area contributed by atoms with E-state index in [0.717, 1.165) is 11.3 Å². The summed E-state index contributed by atoms with van der Waals surface area (Å²) in [5, 5.41) is 8.45. The summed E-state index contributed by atoms with van der Waals surface area (Å²) in [7, 11) is 0. The van der Waals surface area contributed by atoms with Gasteiger partial charge >= 0.3 is 5.97 Å². The lowest BCUT2D eigenvalue weighted by Crippen LogP contribution is -2.09. The van der Waals surface area contributed by atoms with Crippen LogP contribution in [0.5, 0.6) is 0 Å². The number of hydrogen-bond donors (Lipinski definition) is 1. The molecule has 2 nitrogen and oxygen atoms in total. The summed E-state index contributed by atoms with van der Waals surface area (Å²) in [5.74, 6) is -1.01. The predicted molar refractivity (Wildman–Crippen MR) is 44.3 cm³/mol. The van der Waals surface area contributed by atoms with E-state index in [2.05, 4.69) is 0 Å². The average molecular weight is 160 g/mol. The molecule has 0 heterocycles. The van der Waals surface area contributed by atoms with Crippen molar-refractivity contribution in [3.63, 3.8) is 0 Å². The van der Waals surface area contributed by atoms with Crippen molar-refractivity contribution >= 4 is 23.1 Å². The predicted octanol–water partition coefficient (Wildman–Crippen LogP) is 1.88. The smallest absolute Gasteiger partial charge is 0.306 e. The van der Waals surface area contributed by atoms with E-state index in [1.54, 1.807) is 6.92 Å². The molecular formula is C7H12O2S. The minimum absolute atomic E-state index is 0.266. The summed E-state index contributed by atoms with van der Waals surface area (Å²) in [6, 6.07) is 0. The molecule has 0 aliphatic carbocycles. The molecule has 0 fully saturated rings. The van der Waals surface area contributed by atoms with E-state index in [1.807, 2.05) is 6.92 Å². The van der Waals surface area contributed by atoms with E-state index in [9.17, 15) is 4.79 Å². The standard InChI is InChI=1S/C7H12O2S/c1-5(7(8)9)3-4-6(2)10/h5H,3-4H2,1-2H3,(H,8,9). The van der Waals surface area contributed by atoms with E-state index >= 15 is 0 Å². The van der Waals surface area contributed by atoms with Gasteiger partial charge in [-0.15, -0.1) is 0 Å². The molecule has 0 amide bonds. The van der Waals surface area contributed by atoms with Crippen LogP contribution in [-0.4, -0.2) is 15.9 Å². The first-order valence-corrected chi connectivity index (χ1v) is 3.67. The van der Waals surface area contributed by atoms with Gasteiger partial charge in [0.25, 0.3) is 0 Å². The highest BCUT2D eigenvalue weighted by Gasteiger charge is 2.09. The highest BCUT2D eigenvalue weighted by Crippen LogP contribution is 2.05. The molecule has 1 atom stereocenters. The third-order valence-electron chi connectivity index (χ3n) is 1.35. The second kappa shape index (κ2) is 4.39. The highest BCUT2D eigenvalue weighted by atomic mass is 32.1. The minimum Gasteiger partial charge on any atom is -0.481 e. The van der Waals surface area contributed by atoms with Gasteiger partial charge in [0.15, 0.2) is 0 Å². The monoisotopic (exact) mass is 160 g/mol. The van der Waals surface area contributed by atoms with Crippen LogP contribution in [0.2, 0.25) is 0 Å². The van der Waals surface area contributed by atoms with Gasteiger partial charge in [0.05, 0.1) is 5.92 Å². The van der Waals surface area contributed by atoms with Gasteiger partial charge in [-0.25, -0.2) is 0 Å². The van der Waals surface area contributed by atoms with E-state index < -0.39 is 5.97 Å². The molecule has 0 aromatic carbocycles. The molecule has 0 saturated heterocycles. The number of carboxylic acids is 1. The van der Waals surface area contributed by atoms with Crippen molar-refractivity contribution in [1.82, 2.24) is 0 Å². The number of carbonyl (C=O) groups is 1. The van der Waals surface area contributed by atoms with Crippen molar-refractivity contribution < 1.29 is 9.90 Å². The Balaban J connectivity index is 3.49. The van der Waals surface area contributed by atoms with Crippen molar-refractivity contribution in [2.24, 2.45) is 5.92 Å². The first kappa shape index (κ1) is 9.56. The van der Waals surface area contributed by atoms with Crippen molar-refractivity contribution in [2.75, 3.05) is 0 Å². The largest absolute Gasteiger partial charge is 0.481 e. The number of hydrogen-bond acceptors (Lipinski definition) is 2. The van der Waals surface area contributed by atoms with Crippen LogP contribution in [0.25, 0.3) is 0 Å². The van der Waals surface area contributed by atoms with Gasteiger partial charge in [-0.05, 0) is 24.6 Å². The SMILES string of the molecule is CC(=S)CCC(C)C(=O)O. The van der Waals surface area contributed by atoms with Gasteiger partial charge in [-0.1, -0.05) is 19.1 Å². The second-order valence-corrected chi connectivity index (χ2v) is 3.18. The number of aliphatic carboxylic acids is 1. The Hall–Kier alpha value is -0.440. The first-order chi connectivity index (χ1) is 4.54. The summed E-state index contributed by atoms with van der Waals surface area (Å²) < 4.78 is 0. The molecule has 10 heavy (non-hydrogen) atoms. The Morgan fingerprint density at radius 1 is 1.70 bits per heavy atom. The molecule has 0 aliphatic rings. The average Bonchev–Trinajstić information content (AvgIpc) is 1.82. The normalized spacial score (nSPS) is 12.6. The highest BCUT2D eigenvalue weighted by molar-refractivity contribution is 7.80. The van der Waals surface area contributed by atoms with Crippen LogP contribution in [0.15, 0.2) is 0 Å². The van der Waals surface area contributed by atoms with E-state index in [-0.39, 0.29) is 5.92 Å². The molecule has 0 aliphatic heterocycles. The summed E-state index contributed by atoms with van der Waals surface area (Å²) in [6.07, 6.45) is 1.40. The fourth-order valence-corrected chi connectivity index (χ4v) is 0.661. The summed E-state index contributed by atoms with van der Waals surface area (Å²) in [6.45, 7) is 3.53. The van der Waals surface area contributed by atoms with Crippen LogP contribution in [-0.2, 0) is 4.79 Å². The maximum Gasteiger partial charge on any atom is 0.306 e. The molecule has 0 rings (SSSR count). The Labute approximate surface area is 66.2 Å². The zero-order chi connectivity index (χ0) is 8.15. The fraction of sp³-hybridized carbons (Fsp3) is 0.714. The van der Waals surface area contributed by atoms with Crippen LogP contribution in [0, 0.1) is 5.92 Å². The summed E-state index contributed by atoms with van der Waals surface area (Å²) in [4.78, 5) is 11.2. The lowest BCUT2D eigenvalue weighted by molar-refractivity contribution is -0.141. The topological polar surface area (TPSA) is 37.3 Å². The van der Waals surface area contributed by atoms with Crippen molar-refractivity contribution in [1.29, 1.82) is 0 Å². The Kier molecular flexibility index (Phi) is 4.19. The third kappa shape index (κ3) is 4.44. The first-order valence-electron chi connectivity index (χ1n) is 3.26. The number of thiocarbonyl (C=S) groups is 1. The van der Waals surface area contributed by atoms with Crippen LogP contribution in [0.1, 0.15) is 26.7 Å². The molecule has 3 heteroatoms. The molecule has 1 N–H and O–H groups in total. The van der Waals surface area contributed by atoms with Gasteiger partial charge in [0, 0.05) is 0 Å². The van der Waals surface area contributed by atoms with Crippen LogP contribution in [0.4, 0.5) is 0 Å². The zero-order valence-electron chi connectivity index (χ0n) is 6.26. The zero-order valence-corrected chi connectivity index (χ0v) is 7.07. The minimum atomic E-state index is -0.740. The molecular weight excluding hydrogens is 148 g/mol. The maximum absolute atomic E-state index is 10.3. The molecule has 58 valence electrons. The van der Waals surface area contributed by atoms with E-state index in [1.165, 1.54) is 0 Å². The van der Waals surface area contributed by atoms with Crippen molar-refractivity contribution in [3.05, 3.63) is 0 Å². The molecule has 0 radical (unpaired) electrons. The molecule has 0 spiro atoms. The Morgan fingerprint density at radius 3 is 2.50 bits per heavy atom. The summed E-state index contributed by atoms with van der Waals surface area (Å²) in [5.41, 5.74) is 0. The van der Waals surface area contributed by atoms with Gasteiger partial charge in [-0.2, -0.15) is 0 Å². The maximum atomic E-state index is 10.3. The Bertz CT molecular complexity index is 143. The molecule has 0 bridgehead atoms. The van der Waals surface area contributed by atoms with Gasteiger partial charge in [0.2, 0.25) is 0 Å². The quantitative estimate of drug-likeness (QED) is 0.638. The Morgan fingerprint density at radius 2 is 2.20 bits per heavy atom. The second-order valence-electron chi connectivity index (χ2n) is 2.48. The lowest BCUT2D eigenvalue weighted by Gasteiger charge is -2.02. The number of rotatable bonds is 4. The molecule has 0 aromatic heterocycles. The molecule has 0 saturated carbocycles. The fourth-order valence-electron chi connectivity index (χ4n) is 0.543. The van der Waals surface area contributed by atoms with Crippen molar-refractivity contribution in [2.45, 2.75) is 26.7 Å². The van der Waals surface area contributed by atoms with Gasteiger partial charge < -0.3 is 5.11 Å². The van der Waals surface area contributed by atoms with Crippen molar-refractivity contribution in [3.8, 4) is 0 Å². The van der Waals surface area contributed by atoms with Crippen LogP contribution < -0.4 is 0 Å².